The van der Waals surface area contributed by atoms with Crippen molar-refractivity contribution in [1.29, 1.82) is 0 Å². The summed E-state index contributed by atoms with van der Waals surface area (Å²) >= 11 is 0. The van der Waals surface area contributed by atoms with Gasteiger partial charge in [-0.3, -0.25) is 14.6 Å². The van der Waals surface area contributed by atoms with E-state index in [0.29, 0.717) is 17.1 Å². The van der Waals surface area contributed by atoms with Crippen molar-refractivity contribution in [2.24, 2.45) is 0 Å². The quantitative estimate of drug-likeness (QED) is 0.420. The highest BCUT2D eigenvalue weighted by atomic mass is 16.1. The number of anilines is 2. The van der Waals surface area contributed by atoms with Crippen molar-refractivity contribution in [2.75, 3.05) is 10.6 Å². The SMILES string of the molecule is Cc1cccc(C(=O)Nc2cccc([C@H](C)Nc3cncc(-c4ccc(=O)[nH]c4)n3)c2)c1. The predicted molar refractivity (Wildman–Crippen MR) is 126 cm³/mol. The minimum absolute atomic E-state index is 0.0778. The Morgan fingerprint density at radius 3 is 2.66 bits per heavy atom. The van der Waals surface area contributed by atoms with E-state index in [-0.39, 0.29) is 17.5 Å². The molecular formula is C25H23N5O2. The van der Waals surface area contributed by atoms with E-state index in [2.05, 4.69) is 25.6 Å². The molecule has 2 heterocycles. The van der Waals surface area contributed by atoms with Crippen molar-refractivity contribution < 1.29 is 4.79 Å². The Morgan fingerprint density at radius 2 is 1.88 bits per heavy atom. The van der Waals surface area contributed by atoms with Gasteiger partial charge in [-0.1, -0.05) is 29.8 Å². The van der Waals surface area contributed by atoms with Gasteiger partial charge in [0.25, 0.3) is 5.91 Å². The van der Waals surface area contributed by atoms with Gasteiger partial charge in [0.1, 0.15) is 5.82 Å². The molecule has 2 aromatic heterocycles. The maximum absolute atomic E-state index is 12.6. The molecular weight excluding hydrogens is 402 g/mol. The van der Waals surface area contributed by atoms with Crippen molar-refractivity contribution in [3.8, 4) is 11.3 Å². The summed E-state index contributed by atoms with van der Waals surface area (Å²) in [5, 5.41) is 6.30. The van der Waals surface area contributed by atoms with E-state index in [1.165, 1.54) is 6.07 Å². The summed E-state index contributed by atoms with van der Waals surface area (Å²) in [5.74, 6) is 0.460. The topological polar surface area (TPSA) is 99.8 Å². The van der Waals surface area contributed by atoms with Gasteiger partial charge in [-0.05, 0) is 49.7 Å². The van der Waals surface area contributed by atoms with Gasteiger partial charge in [-0.15, -0.1) is 0 Å². The zero-order valence-electron chi connectivity index (χ0n) is 17.8. The molecule has 4 rings (SSSR count). The molecule has 0 spiro atoms. The van der Waals surface area contributed by atoms with Crippen LogP contribution < -0.4 is 16.2 Å². The molecule has 0 aliphatic heterocycles. The number of hydrogen-bond acceptors (Lipinski definition) is 5. The second-order valence-electron chi connectivity index (χ2n) is 7.55. The molecule has 0 unspecified atom stereocenters. The van der Waals surface area contributed by atoms with Crippen LogP contribution in [0.3, 0.4) is 0 Å². The van der Waals surface area contributed by atoms with Crippen molar-refractivity contribution in [2.45, 2.75) is 19.9 Å². The lowest BCUT2D eigenvalue weighted by Crippen LogP contribution is -2.13. The molecule has 0 bridgehead atoms. The fraction of sp³-hybridized carbons (Fsp3) is 0.120. The zero-order valence-corrected chi connectivity index (χ0v) is 17.8. The number of nitrogens with one attached hydrogen (secondary N) is 3. The van der Waals surface area contributed by atoms with E-state index in [1.54, 1.807) is 30.7 Å². The first kappa shape index (κ1) is 21.0. The van der Waals surface area contributed by atoms with Gasteiger partial charge in [0.2, 0.25) is 5.56 Å². The Labute approximate surface area is 185 Å². The van der Waals surface area contributed by atoms with Gasteiger partial charge < -0.3 is 15.6 Å². The van der Waals surface area contributed by atoms with E-state index in [4.69, 9.17) is 0 Å². The third-order valence-electron chi connectivity index (χ3n) is 5.00. The first-order valence-corrected chi connectivity index (χ1v) is 10.2. The monoisotopic (exact) mass is 425 g/mol. The number of benzene rings is 2. The van der Waals surface area contributed by atoms with Gasteiger partial charge in [0, 0.05) is 29.1 Å². The van der Waals surface area contributed by atoms with Crippen LogP contribution in [0.25, 0.3) is 11.3 Å². The van der Waals surface area contributed by atoms with Crippen LogP contribution in [-0.2, 0) is 0 Å². The number of carbonyl (C=O) groups excluding carboxylic acids is 1. The van der Waals surface area contributed by atoms with E-state index in [1.807, 2.05) is 56.3 Å². The van der Waals surface area contributed by atoms with Gasteiger partial charge in [-0.25, -0.2) is 4.98 Å². The Hall–Kier alpha value is -4.26. The molecule has 1 atom stereocenters. The van der Waals surface area contributed by atoms with Gasteiger partial charge in [0.15, 0.2) is 0 Å². The number of amides is 1. The molecule has 0 aliphatic rings. The van der Waals surface area contributed by atoms with E-state index in [0.717, 1.165) is 22.4 Å². The third-order valence-corrected chi connectivity index (χ3v) is 5.00. The number of hydrogen-bond donors (Lipinski definition) is 3. The minimum Gasteiger partial charge on any atom is -0.362 e. The highest BCUT2D eigenvalue weighted by Gasteiger charge is 2.11. The van der Waals surface area contributed by atoms with Crippen molar-refractivity contribution in [3.63, 3.8) is 0 Å². The van der Waals surface area contributed by atoms with Crippen LogP contribution in [0.4, 0.5) is 11.5 Å². The maximum atomic E-state index is 12.6. The summed E-state index contributed by atoms with van der Waals surface area (Å²) in [6, 6.07) is 18.3. The van der Waals surface area contributed by atoms with Crippen molar-refractivity contribution >= 4 is 17.4 Å². The molecule has 7 heteroatoms. The average molecular weight is 425 g/mol. The molecule has 4 aromatic rings. The summed E-state index contributed by atoms with van der Waals surface area (Å²) in [4.78, 5) is 35.3. The third kappa shape index (κ3) is 5.07. The normalized spacial score (nSPS) is 11.6. The maximum Gasteiger partial charge on any atom is 0.255 e. The van der Waals surface area contributed by atoms with E-state index < -0.39 is 0 Å². The Morgan fingerprint density at radius 1 is 1.03 bits per heavy atom. The minimum atomic E-state index is -0.168. The summed E-state index contributed by atoms with van der Waals surface area (Å²) in [5.41, 5.74) is 4.62. The van der Waals surface area contributed by atoms with Crippen LogP contribution >= 0.6 is 0 Å². The Balaban J connectivity index is 1.48. The van der Waals surface area contributed by atoms with Gasteiger partial charge in [0.05, 0.1) is 24.1 Å². The molecule has 32 heavy (non-hydrogen) atoms. The average Bonchev–Trinajstić information content (AvgIpc) is 2.80. The highest BCUT2D eigenvalue weighted by molar-refractivity contribution is 6.04. The largest absolute Gasteiger partial charge is 0.362 e. The number of aryl methyl sites for hydroxylation is 1. The summed E-state index contributed by atoms with van der Waals surface area (Å²) in [7, 11) is 0. The van der Waals surface area contributed by atoms with Gasteiger partial charge >= 0.3 is 0 Å². The number of aromatic nitrogens is 3. The van der Waals surface area contributed by atoms with Crippen molar-refractivity contribution in [3.05, 3.63) is 106 Å². The molecule has 160 valence electrons. The standard InChI is InChI=1S/C25H23N5O2/c1-16-5-3-7-19(11-16)25(32)29-21-8-4-6-18(12-21)17(2)28-23-15-26-14-22(30-23)20-9-10-24(31)27-13-20/h3-15,17H,1-2H3,(H,27,31)(H,28,30)(H,29,32)/t17-/m0/s1. The Bertz CT molecular complexity index is 1290. The summed E-state index contributed by atoms with van der Waals surface area (Å²) in [6.07, 6.45) is 4.90. The smallest absolute Gasteiger partial charge is 0.255 e. The van der Waals surface area contributed by atoms with Gasteiger partial charge in [-0.2, -0.15) is 0 Å². The van der Waals surface area contributed by atoms with Crippen LogP contribution in [-0.4, -0.2) is 20.9 Å². The van der Waals surface area contributed by atoms with Crippen LogP contribution in [0.15, 0.2) is 84.0 Å². The lowest BCUT2D eigenvalue weighted by molar-refractivity contribution is 0.102. The summed E-state index contributed by atoms with van der Waals surface area (Å²) in [6.45, 7) is 3.97. The molecule has 3 N–H and O–H groups in total. The first-order chi connectivity index (χ1) is 15.5. The molecule has 0 radical (unpaired) electrons. The second-order valence-corrected chi connectivity index (χ2v) is 7.55. The molecule has 0 aliphatic carbocycles. The fourth-order valence-corrected chi connectivity index (χ4v) is 3.32. The number of H-pyrrole nitrogens is 1. The number of rotatable bonds is 6. The number of pyridine rings is 1. The second kappa shape index (κ2) is 9.26. The van der Waals surface area contributed by atoms with E-state index in [9.17, 15) is 9.59 Å². The molecule has 2 aromatic carbocycles. The van der Waals surface area contributed by atoms with E-state index >= 15 is 0 Å². The number of aromatic amines is 1. The summed E-state index contributed by atoms with van der Waals surface area (Å²) < 4.78 is 0. The zero-order chi connectivity index (χ0) is 22.5. The molecule has 1 amide bonds. The highest BCUT2D eigenvalue weighted by Crippen LogP contribution is 2.23. The van der Waals surface area contributed by atoms with Crippen LogP contribution in [0.1, 0.15) is 34.5 Å². The van der Waals surface area contributed by atoms with Crippen molar-refractivity contribution in [1.82, 2.24) is 15.0 Å². The lowest BCUT2D eigenvalue weighted by Gasteiger charge is -2.16. The number of carbonyl (C=O) groups is 1. The first-order valence-electron chi connectivity index (χ1n) is 10.2. The lowest BCUT2D eigenvalue weighted by atomic mass is 10.1. The molecule has 0 saturated carbocycles. The van der Waals surface area contributed by atoms with Crippen LogP contribution in [0.2, 0.25) is 0 Å². The van der Waals surface area contributed by atoms with Crippen LogP contribution in [0.5, 0.6) is 0 Å². The fourth-order valence-electron chi connectivity index (χ4n) is 3.32. The molecule has 7 nitrogen and oxygen atoms in total. The Kier molecular flexibility index (Phi) is 6.07. The number of nitrogens with zero attached hydrogens (tertiary/aromatic N) is 2. The van der Waals surface area contributed by atoms with Crippen LogP contribution in [0, 0.1) is 6.92 Å². The predicted octanol–water partition coefficient (Wildman–Crippen LogP) is 4.57. The molecule has 0 saturated heterocycles. The molecule has 0 fully saturated rings.